The summed E-state index contributed by atoms with van der Waals surface area (Å²) < 4.78 is 20.1. The number of amides is 2. The number of halogens is 1. The molecule has 3 aromatic rings. The number of hydrogen-bond donors (Lipinski definition) is 0. The summed E-state index contributed by atoms with van der Waals surface area (Å²) in [6, 6.07) is 12.1. The van der Waals surface area contributed by atoms with Crippen LogP contribution in [-0.2, 0) is 25.7 Å². The molecule has 1 aliphatic heterocycles. The number of aromatic nitrogens is 2. The van der Waals surface area contributed by atoms with Gasteiger partial charge in [-0.2, -0.15) is 0 Å². The fourth-order valence-electron chi connectivity index (χ4n) is 5.00. The first kappa shape index (κ1) is 22.9. The lowest BCUT2D eigenvalue weighted by molar-refractivity contribution is -0.147. The third kappa shape index (κ3) is 4.34. The summed E-state index contributed by atoms with van der Waals surface area (Å²) in [5, 5.41) is 0.374. The van der Waals surface area contributed by atoms with Gasteiger partial charge in [-0.05, 0) is 49.2 Å². The highest BCUT2D eigenvalue weighted by atomic mass is 19.1. The van der Waals surface area contributed by atoms with Crippen LogP contribution in [0.5, 0.6) is 0 Å². The zero-order valence-corrected chi connectivity index (χ0v) is 19.0. The van der Waals surface area contributed by atoms with E-state index in [1.54, 1.807) is 24.3 Å². The molecule has 2 aliphatic rings. The number of benzene rings is 2. The van der Waals surface area contributed by atoms with Crippen LogP contribution in [0.3, 0.4) is 0 Å². The second-order valence-electron chi connectivity index (χ2n) is 8.90. The Bertz CT molecular complexity index is 1340. The number of rotatable bonds is 6. The lowest BCUT2D eigenvalue weighted by atomic mass is 9.81. The molecule has 9 heteroatoms. The molecule has 0 spiro atoms. The standard InChI is InChI=1S/C26H24FN3O5/c27-16-9-11-17(12-10-16)30-22(28-21-8-4-3-7-20(21)26(30)34)15-35-23(31)13-14-29-24(32)18-5-1-2-6-19(18)25(29)33/h3-4,7-12,18-19H,1-2,5-6,13-15H2/t18-,19-/m1/s1. The molecule has 2 atom stereocenters. The lowest BCUT2D eigenvalue weighted by Crippen LogP contribution is -2.33. The zero-order valence-electron chi connectivity index (χ0n) is 19.0. The largest absolute Gasteiger partial charge is 0.457 e. The normalized spacial score (nSPS) is 19.7. The number of hydrogen-bond acceptors (Lipinski definition) is 6. The van der Waals surface area contributed by atoms with Gasteiger partial charge in [-0.25, -0.2) is 9.37 Å². The Morgan fingerprint density at radius 3 is 2.31 bits per heavy atom. The highest BCUT2D eigenvalue weighted by molar-refractivity contribution is 6.05. The first-order chi connectivity index (χ1) is 16.9. The van der Waals surface area contributed by atoms with E-state index in [0.717, 1.165) is 12.8 Å². The van der Waals surface area contributed by atoms with Crippen LogP contribution in [0.25, 0.3) is 16.6 Å². The van der Waals surface area contributed by atoms with E-state index < -0.39 is 11.8 Å². The molecule has 0 N–H and O–H groups in total. The predicted molar refractivity (Wildman–Crippen MR) is 124 cm³/mol. The van der Waals surface area contributed by atoms with Gasteiger partial charge in [-0.3, -0.25) is 28.6 Å². The van der Waals surface area contributed by atoms with Crippen molar-refractivity contribution >= 4 is 28.7 Å². The summed E-state index contributed by atoms with van der Waals surface area (Å²) in [4.78, 5) is 56.6. The van der Waals surface area contributed by atoms with Crippen molar-refractivity contribution in [2.24, 2.45) is 11.8 Å². The topological polar surface area (TPSA) is 98.6 Å². The summed E-state index contributed by atoms with van der Waals surface area (Å²) in [6.45, 7) is -0.331. The molecule has 8 nitrogen and oxygen atoms in total. The van der Waals surface area contributed by atoms with Crippen molar-refractivity contribution in [2.75, 3.05) is 6.54 Å². The Morgan fingerprint density at radius 1 is 0.971 bits per heavy atom. The van der Waals surface area contributed by atoms with E-state index in [2.05, 4.69) is 4.98 Å². The first-order valence-corrected chi connectivity index (χ1v) is 11.7. The van der Waals surface area contributed by atoms with Crippen molar-refractivity contribution in [3.63, 3.8) is 0 Å². The number of imide groups is 1. The zero-order chi connectivity index (χ0) is 24.5. The van der Waals surface area contributed by atoms with Gasteiger partial charge in [0, 0.05) is 6.54 Å². The van der Waals surface area contributed by atoms with Gasteiger partial charge < -0.3 is 4.74 Å². The number of nitrogens with zero attached hydrogens (tertiary/aromatic N) is 3. The van der Waals surface area contributed by atoms with Crippen LogP contribution in [-0.4, -0.2) is 38.8 Å². The minimum atomic E-state index is -0.617. The SMILES string of the molecule is O=C(CCN1C(=O)[C@@H]2CCCC[C@H]2C1=O)OCc1nc2ccccc2c(=O)n1-c1ccc(F)cc1. The average molecular weight is 477 g/mol. The van der Waals surface area contributed by atoms with Crippen LogP contribution in [0, 0.1) is 17.7 Å². The number of fused-ring (bicyclic) bond motifs is 2. The van der Waals surface area contributed by atoms with Gasteiger partial charge in [-0.15, -0.1) is 0 Å². The maximum absolute atomic E-state index is 13.5. The number of esters is 1. The Kier molecular flexibility index (Phi) is 6.15. The van der Waals surface area contributed by atoms with Crippen molar-refractivity contribution in [1.82, 2.24) is 14.5 Å². The molecule has 0 bridgehead atoms. The number of carbonyl (C=O) groups is 3. The molecule has 5 rings (SSSR count). The van der Waals surface area contributed by atoms with Gasteiger partial charge in [0.2, 0.25) is 11.8 Å². The van der Waals surface area contributed by atoms with Gasteiger partial charge in [0.05, 0.1) is 34.8 Å². The van der Waals surface area contributed by atoms with Crippen LogP contribution in [0.2, 0.25) is 0 Å². The maximum Gasteiger partial charge on any atom is 0.308 e. The second kappa shape index (κ2) is 9.40. The number of para-hydroxylation sites is 1. The van der Waals surface area contributed by atoms with E-state index in [4.69, 9.17) is 4.74 Å². The average Bonchev–Trinajstić information content (AvgIpc) is 3.12. The summed E-state index contributed by atoms with van der Waals surface area (Å²) in [6.07, 6.45) is 3.15. The lowest BCUT2D eigenvalue weighted by Gasteiger charge is -2.19. The van der Waals surface area contributed by atoms with Crippen molar-refractivity contribution in [3.8, 4) is 5.69 Å². The molecule has 0 radical (unpaired) electrons. The van der Waals surface area contributed by atoms with E-state index >= 15 is 0 Å². The Hall–Kier alpha value is -3.88. The van der Waals surface area contributed by atoms with Crippen LogP contribution >= 0.6 is 0 Å². The molecule has 1 saturated carbocycles. The Labute approximate surface area is 200 Å². The second-order valence-corrected chi connectivity index (χ2v) is 8.90. The minimum Gasteiger partial charge on any atom is -0.457 e. The van der Waals surface area contributed by atoms with E-state index in [1.165, 1.54) is 33.7 Å². The summed E-state index contributed by atoms with van der Waals surface area (Å²) in [5.74, 6) is -1.82. The molecule has 2 amide bonds. The molecular formula is C26H24FN3O5. The molecule has 1 aromatic heterocycles. The highest BCUT2D eigenvalue weighted by Gasteiger charge is 2.47. The predicted octanol–water partition coefficient (Wildman–Crippen LogP) is 3.13. The van der Waals surface area contributed by atoms with Crippen LogP contribution < -0.4 is 5.56 Å². The number of ether oxygens (including phenoxy) is 1. The van der Waals surface area contributed by atoms with Crippen molar-refractivity contribution in [2.45, 2.75) is 38.7 Å². The van der Waals surface area contributed by atoms with Crippen molar-refractivity contribution in [1.29, 1.82) is 0 Å². The Morgan fingerprint density at radius 2 is 1.63 bits per heavy atom. The molecule has 2 heterocycles. The summed E-state index contributed by atoms with van der Waals surface area (Å²) in [5.41, 5.74) is 0.457. The molecule has 0 unspecified atom stereocenters. The van der Waals surface area contributed by atoms with Gasteiger partial charge in [0.25, 0.3) is 5.56 Å². The fourth-order valence-corrected chi connectivity index (χ4v) is 5.00. The molecule has 2 aromatic carbocycles. The third-order valence-electron chi connectivity index (χ3n) is 6.76. The van der Waals surface area contributed by atoms with Crippen LogP contribution in [0.1, 0.15) is 37.9 Å². The van der Waals surface area contributed by atoms with Gasteiger partial charge >= 0.3 is 5.97 Å². The monoisotopic (exact) mass is 477 g/mol. The molecule has 2 fully saturated rings. The van der Waals surface area contributed by atoms with E-state index in [-0.39, 0.29) is 54.6 Å². The number of likely N-dealkylation sites (tertiary alicyclic amines) is 1. The van der Waals surface area contributed by atoms with Crippen LogP contribution in [0.15, 0.2) is 53.3 Å². The highest BCUT2D eigenvalue weighted by Crippen LogP contribution is 2.38. The summed E-state index contributed by atoms with van der Waals surface area (Å²) in [7, 11) is 0. The molecule has 35 heavy (non-hydrogen) atoms. The fraction of sp³-hybridized carbons (Fsp3) is 0.346. The van der Waals surface area contributed by atoms with Crippen molar-refractivity contribution < 1.29 is 23.5 Å². The molecule has 1 saturated heterocycles. The molecular weight excluding hydrogens is 453 g/mol. The third-order valence-corrected chi connectivity index (χ3v) is 6.76. The van der Waals surface area contributed by atoms with Crippen molar-refractivity contribution in [3.05, 3.63) is 70.5 Å². The smallest absolute Gasteiger partial charge is 0.308 e. The van der Waals surface area contributed by atoms with E-state index in [1.807, 2.05) is 0 Å². The molecule has 1 aliphatic carbocycles. The number of carbonyl (C=O) groups excluding carboxylic acids is 3. The summed E-state index contributed by atoms with van der Waals surface area (Å²) >= 11 is 0. The minimum absolute atomic E-state index is 0.0284. The Balaban J connectivity index is 1.32. The maximum atomic E-state index is 13.5. The van der Waals surface area contributed by atoms with Crippen LogP contribution in [0.4, 0.5) is 4.39 Å². The van der Waals surface area contributed by atoms with Gasteiger partial charge in [0.15, 0.2) is 5.82 Å². The van der Waals surface area contributed by atoms with Gasteiger partial charge in [0.1, 0.15) is 12.4 Å². The quantitative estimate of drug-likeness (QED) is 0.400. The molecule has 180 valence electrons. The van der Waals surface area contributed by atoms with E-state index in [0.29, 0.717) is 29.4 Å². The van der Waals surface area contributed by atoms with Gasteiger partial charge in [-0.1, -0.05) is 25.0 Å². The van der Waals surface area contributed by atoms with E-state index in [9.17, 15) is 23.6 Å². The first-order valence-electron chi connectivity index (χ1n) is 11.7.